The number of aryl methyl sites for hydroxylation is 1. The van der Waals surface area contributed by atoms with Gasteiger partial charge < -0.3 is 15.3 Å². The van der Waals surface area contributed by atoms with E-state index in [1.807, 2.05) is 37.4 Å². The fourth-order valence-corrected chi connectivity index (χ4v) is 4.13. The lowest BCUT2D eigenvalue weighted by Gasteiger charge is -2.35. The van der Waals surface area contributed by atoms with Crippen LogP contribution in [0.15, 0.2) is 42.6 Å². The van der Waals surface area contributed by atoms with Gasteiger partial charge in [0.1, 0.15) is 17.5 Å². The zero-order valence-corrected chi connectivity index (χ0v) is 16.7. The van der Waals surface area contributed by atoms with Gasteiger partial charge in [0.15, 0.2) is 5.13 Å². The Morgan fingerprint density at radius 3 is 2.64 bits per heavy atom. The maximum atomic E-state index is 9.10. The first-order valence-electron chi connectivity index (χ1n) is 9.43. The molecule has 0 radical (unpaired) electrons. The van der Waals surface area contributed by atoms with E-state index in [4.69, 9.17) is 5.11 Å². The second-order valence-electron chi connectivity index (χ2n) is 6.73. The molecule has 1 aliphatic rings. The number of aliphatic hydroxyl groups excluding tert-OH is 1. The summed E-state index contributed by atoms with van der Waals surface area (Å²) >= 11 is 1.61. The number of thiazole rings is 1. The zero-order valence-electron chi connectivity index (χ0n) is 15.9. The van der Waals surface area contributed by atoms with E-state index in [2.05, 4.69) is 42.2 Å². The molecular formula is C20H24N6OS. The minimum atomic E-state index is 0.208. The van der Waals surface area contributed by atoms with Crippen LogP contribution in [0.2, 0.25) is 0 Å². The van der Waals surface area contributed by atoms with Crippen molar-refractivity contribution in [3.05, 3.63) is 48.4 Å². The molecule has 2 aromatic heterocycles. The summed E-state index contributed by atoms with van der Waals surface area (Å²) in [5.74, 6) is 2.42. The van der Waals surface area contributed by atoms with Crippen LogP contribution in [0.5, 0.6) is 0 Å². The van der Waals surface area contributed by atoms with Gasteiger partial charge in [0, 0.05) is 45.0 Å². The van der Waals surface area contributed by atoms with E-state index in [0.717, 1.165) is 65.8 Å². The van der Waals surface area contributed by atoms with E-state index in [1.165, 1.54) is 0 Å². The predicted octanol–water partition coefficient (Wildman–Crippen LogP) is 2.77. The first-order valence-corrected chi connectivity index (χ1v) is 10.2. The number of piperazine rings is 1. The number of nitrogens with zero attached hydrogens (tertiary/aromatic N) is 5. The lowest BCUT2D eigenvalue weighted by atomic mass is 10.2. The molecule has 3 aromatic rings. The average molecular weight is 397 g/mol. The fourth-order valence-electron chi connectivity index (χ4n) is 3.30. The molecule has 0 atom stereocenters. The smallest absolute Gasteiger partial charge is 0.188 e. The average Bonchev–Trinajstić information content (AvgIpc) is 3.17. The number of β-amino-alcohol motifs (C(OH)–C–C–N with tert-alkyl or cyclic N) is 1. The Kier molecular flexibility index (Phi) is 5.80. The molecule has 0 bridgehead atoms. The van der Waals surface area contributed by atoms with E-state index >= 15 is 0 Å². The Morgan fingerprint density at radius 1 is 1.11 bits per heavy atom. The van der Waals surface area contributed by atoms with Crippen molar-refractivity contribution in [3.8, 4) is 10.4 Å². The predicted molar refractivity (Wildman–Crippen MR) is 113 cm³/mol. The quantitative estimate of drug-likeness (QED) is 0.663. The summed E-state index contributed by atoms with van der Waals surface area (Å²) in [5, 5.41) is 13.2. The van der Waals surface area contributed by atoms with Crippen molar-refractivity contribution in [2.75, 3.05) is 49.5 Å². The molecule has 0 unspecified atom stereocenters. The molecule has 28 heavy (non-hydrogen) atoms. The van der Waals surface area contributed by atoms with Crippen LogP contribution < -0.4 is 10.2 Å². The van der Waals surface area contributed by atoms with Crippen molar-refractivity contribution >= 4 is 28.1 Å². The number of nitrogens with one attached hydrogen (secondary N) is 1. The molecule has 1 fully saturated rings. The number of aliphatic hydroxyl groups is 1. The molecule has 146 valence electrons. The minimum absolute atomic E-state index is 0.208. The maximum absolute atomic E-state index is 9.10. The highest BCUT2D eigenvalue weighted by Gasteiger charge is 2.18. The Bertz CT molecular complexity index is 908. The van der Waals surface area contributed by atoms with Gasteiger partial charge in [-0.25, -0.2) is 15.0 Å². The van der Waals surface area contributed by atoms with Crippen molar-refractivity contribution in [1.29, 1.82) is 0 Å². The molecule has 1 aliphatic heterocycles. The van der Waals surface area contributed by atoms with Crippen LogP contribution in [-0.4, -0.2) is 64.3 Å². The van der Waals surface area contributed by atoms with Crippen LogP contribution in [0.1, 0.15) is 5.82 Å². The molecular weight excluding hydrogens is 372 g/mol. The highest BCUT2D eigenvalue weighted by atomic mass is 32.1. The molecule has 8 heteroatoms. The number of benzene rings is 1. The summed E-state index contributed by atoms with van der Waals surface area (Å²) in [7, 11) is 0. The summed E-state index contributed by atoms with van der Waals surface area (Å²) in [4.78, 5) is 19.3. The van der Waals surface area contributed by atoms with Crippen LogP contribution in [0.3, 0.4) is 0 Å². The van der Waals surface area contributed by atoms with Crippen LogP contribution in [-0.2, 0) is 0 Å². The molecule has 0 saturated carbocycles. The fraction of sp³-hybridized carbons (Fsp3) is 0.350. The number of rotatable bonds is 6. The standard InChI is InChI=1S/C20H24N6OS/c1-15-22-18(13-19(23-15)26-9-7-25(8-10-26)11-12-27)24-20-21-14-17(28-20)16-5-3-2-4-6-16/h2-6,13-14,27H,7-12H2,1H3,(H,21,22,23,24). The van der Waals surface area contributed by atoms with E-state index in [1.54, 1.807) is 11.3 Å². The van der Waals surface area contributed by atoms with Gasteiger partial charge in [-0.15, -0.1) is 0 Å². The Labute approximate surface area is 168 Å². The second-order valence-corrected chi connectivity index (χ2v) is 7.76. The van der Waals surface area contributed by atoms with Crippen LogP contribution in [0.25, 0.3) is 10.4 Å². The topological polar surface area (TPSA) is 77.4 Å². The number of aromatic nitrogens is 3. The highest BCUT2D eigenvalue weighted by molar-refractivity contribution is 7.18. The molecule has 7 nitrogen and oxygen atoms in total. The van der Waals surface area contributed by atoms with Gasteiger partial charge in [0.2, 0.25) is 0 Å². The number of anilines is 3. The second kappa shape index (κ2) is 8.64. The lowest BCUT2D eigenvalue weighted by Crippen LogP contribution is -2.47. The molecule has 2 N–H and O–H groups in total. The van der Waals surface area contributed by atoms with E-state index in [9.17, 15) is 0 Å². The molecule has 3 heterocycles. The maximum Gasteiger partial charge on any atom is 0.188 e. The molecule has 0 aliphatic carbocycles. The summed E-state index contributed by atoms with van der Waals surface area (Å²) < 4.78 is 0. The molecule has 0 amide bonds. The van der Waals surface area contributed by atoms with Gasteiger partial charge in [-0.2, -0.15) is 0 Å². The molecule has 4 rings (SSSR count). The van der Waals surface area contributed by atoms with Crippen molar-refractivity contribution in [2.45, 2.75) is 6.92 Å². The Balaban J connectivity index is 1.47. The van der Waals surface area contributed by atoms with E-state index in [-0.39, 0.29) is 6.61 Å². The monoisotopic (exact) mass is 396 g/mol. The van der Waals surface area contributed by atoms with Gasteiger partial charge >= 0.3 is 0 Å². The van der Waals surface area contributed by atoms with E-state index in [0.29, 0.717) is 0 Å². The van der Waals surface area contributed by atoms with Gasteiger partial charge in [-0.05, 0) is 12.5 Å². The number of hydrogen-bond donors (Lipinski definition) is 2. The number of hydrogen-bond acceptors (Lipinski definition) is 8. The van der Waals surface area contributed by atoms with E-state index < -0.39 is 0 Å². The molecule has 1 aromatic carbocycles. The van der Waals surface area contributed by atoms with Gasteiger partial charge in [-0.3, -0.25) is 4.90 Å². The van der Waals surface area contributed by atoms with Gasteiger partial charge in [0.25, 0.3) is 0 Å². The minimum Gasteiger partial charge on any atom is -0.395 e. The first kappa shape index (κ1) is 18.8. The van der Waals surface area contributed by atoms with Crippen molar-refractivity contribution in [2.24, 2.45) is 0 Å². The largest absolute Gasteiger partial charge is 0.395 e. The third-order valence-corrected chi connectivity index (χ3v) is 5.70. The Hall–Kier alpha value is -2.55. The normalized spacial score (nSPS) is 15.0. The third kappa shape index (κ3) is 4.46. The first-order chi connectivity index (χ1) is 13.7. The van der Waals surface area contributed by atoms with Crippen LogP contribution in [0, 0.1) is 6.92 Å². The van der Waals surface area contributed by atoms with Crippen molar-refractivity contribution in [3.63, 3.8) is 0 Å². The molecule has 1 saturated heterocycles. The van der Waals surface area contributed by atoms with Crippen molar-refractivity contribution in [1.82, 2.24) is 19.9 Å². The summed E-state index contributed by atoms with van der Waals surface area (Å²) in [6.07, 6.45) is 1.89. The van der Waals surface area contributed by atoms with Crippen LogP contribution >= 0.6 is 11.3 Å². The zero-order chi connectivity index (χ0) is 19.3. The summed E-state index contributed by atoms with van der Waals surface area (Å²) in [6, 6.07) is 12.2. The third-order valence-electron chi connectivity index (χ3n) is 4.74. The van der Waals surface area contributed by atoms with Gasteiger partial charge in [-0.1, -0.05) is 41.7 Å². The molecule has 0 spiro atoms. The van der Waals surface area contributed by atoms with Crippen LogP contribution in [0.4, 0.5) is 16.8 Å². The lowest BCUT2D eigenvalue weighted by molar-refractivity contribution is 0.188. The summed E-state index contributed by atoms with van der Waals surface area (Å²) in [6.45, 7) is 6.50. The van der Waals surface area contributed by atoms with Crippen molar-refractivity contribution < 1.29 is 5.11 Å². The SMILES string of the molecule is Cc1nc(Nc2ncc(-c3ccccc3)s2)cc(N2CCN(CCO)CC2)n1. The summed E-state index contributed by atoms with van der Waals surface area (Å²) in [5.41, 5.74) is 1.16. The van der Waals surface area contributed by atoms with Gasteiger partial charge in [0.05, 0.1) is 11.5 Å². The highest BCUT2D eigenvalue weighted by Crippen LogP contribution is 2.30. The Morgan fingerprint density at radius 2 is 1.89 bits per heavy atom.